The molecular weight excluding hydrogens is 441 g/mol. The lowest BCUT2D eigenvalue weighted by Gasteiger charge is -2.29. The van der Waals surface area contributed by atoms with Crippen molar-refractivity contribution < 1.29 is 13.2 Å². The summed E-state index contributed by atoms with van der Waals surface area (Å²) >= 11 is 0. The molecule has 4 aromatic rings. The summed E-state index contributed by atoms with van der Waals surface area (Å²) in [5.74, 6) is 1.35. The van der Waals surface area contributed by atoms with Crippen LogP contribution in [0.2, 0.25) is 0 Å². The van der Waals surface area contributed by atoms with E-state index in [1.54, 1.807) is 6.33 Å². The molecule has 1 aliphatic carbocycles. The number of anilines is 2. The fraction of sp³-hybridized carbons (Fsp3) is 0.320. The third-order valence-electron chi connectivity index (χ3n) is 6.42. The van der Waals surface area contributed by atoms with Gasteiger partial charge in [0.15, 0.2) is 17.0 Å². The van der Waals surface area contributed by atoms with Gasteiger partial charge in [-0.3, -0.25) is 0 Å². The van der Waals surface area contributed by atoms with Crippen molar-refractivity contribution in [1.82, 2.24) is 19.5 Å². The van der Waals surface area contributed by atoms with E-state index in [1.807, 2.05) is 10.6 Å². The minimum absolute atomic E-state index is 0.372. The van der Waals surface area contributed by atoms with Crippen molar-refractivity contribution in [3.8, 4) is 0 Å². The summed E-state index contributed by atoms with van der Waals surface area (Å²) in [7, 11) is 0. The van der Waals surface area contributed by atoms with Gasteiger partial charge < -0.3 is 14.8 Å². The summed E-state index contributed by atoms with van der Waals surface area (Å²) in [6.07, 6.45) is 0.464. The Bertz CT molecular complexity index is 1340. The number of rotatable bonds is 5. The number of benzene rings is 2. The fourth-order valence-electron chi connectivity index (χ4n) is 4.37. The first-order valence-electron chi connectivity index (χ1n) is 11.4. The van der Waals surface area contributed by atoms with Gasteiger partial charge >= 0.3 is 6.18 Å². The standard InChI is InChI=1S/C25H23F3N6/c26-25(27,28)19-7-5-16(6-8-19)13-34-15-29-21-22(30-20-9-10-20)31-24(32-23(21)34)33-12-11-17-3-1-2-4-18(17)14-33/h1-8,15,20H,9-14H2,(H,30,31,32). The maximum atomic E-state index is 12.9. The fourth-order valence-corrected chi connectivity index (χ4v) is 4.37. The molecule has 2 aromatic carbocycles. The molecule has 1 N–H and O–H groups in total. The topological polar surface area (TPSA) is 58.9 Å². The summed E-state index contributed by atoms with van der Waals surface area (Å²) < 4.78 is 40.7. The molecule has 0 amide bonds. The van der Waals surface area contributed by atoms with Crippen LogP contribution in [-0.4, -0.2) is 32.1 Å². The molecule has 9 heteroatoms. The van der Waals surface area contributed by atoms with Gasteiger partial charge in [-0.2, -0.15) is 23.1 Å². The van der Waals surface area contributed by atoms with Gasteiger partial charge in [0.05, 0.1) is 18.4 Å². The highest BCUT2D eigenvalue weighted by atomic mass is 19.4. The molecule has 34 heavy (non-hydrogen) atoms. The average Bonchev–Trinajstić information content (AvgIpc) is 3.56. The predicted octanol–water partition coefficient (Wildman–Crippen LogP) is 5.03. The van der Waals surface area contributed by atoms with Crippen molar-refractivity contribution in [2.75, 3.05) is 16.8 Å². The van der Waals surface area contributed by atoms with E-state index in [4.69, 9.17) is 9.97 Å². The SMILES string of the molecule is FC(F)(F)c1ccc(Cn2cnc3c(NC4CC4)nc(N4CCc5ccccc5C4)nc32)cc1. The first-order valence-corrected chi connectivity index (χ1v) is 11.4. The second-order valence-corrected chi connectivity index (χ2v) is 8.97. The molecule has 0 saturated heterocycles. The number of halogens is 3. The third kappa shape index (κ3) is 4.06. The number of fused-ring (bicyclic) bond motifs is 2. The average molecular weight is 464 g/mol. The summed E-state index contributed by atoms with van der Waals surface area (Å²) in [6, 6.07) is 14.0. The summed E-state index contributed by atoms with van der Waals surface area (Å²) in [6.45, 7) is 1.92. The monoisotopic (exact) mass is 464 g/mol. The Balaban J connectivity index is 1.35. The zero-order chi connectivity index (χ0) is 23.3. The van der Waals surface area contributed by atoms with Crippen LogP contribution in [0.1, 0.15) is 35.1 Å². The van der Waals surface area contributed by atoms with Gasteiger partial charge in [-0.05, 0) is 48.1 Å². The van der Waals surface area contributed by atoms with Crippen molar-refractivity contribution in [3.63, 3.8) is 0 Å². The molecule has 1 aliphatic heterocycles. The second-order valence-electron chi connectivity index (χ2n) is 8.97. The van der Waals surface area contributed by atoms with Crippen molar-refractivity contribution >= 4 is 22.9 Å². The lowest BCUT2D eigenvalue weighted by molar-refractivity contribution is -0.137. The molecule has 0 bridgehead atoms. The van der Waals surface area contributed by atoms with Gasteiger partial charge in [0.1, 0.15) is 0 Å². The highest BCUT2D eigenvalue weighted by Crippen LogP contribution is 2.32. The van der Waals surface area contributed by atoms with Crippen molar-refractivity contribution in [1.29, 1.82) is 0 Å². The maximum Gasteiger partial charge on any atom is 0.416 e. The maximum absolute atomic E-state index is 12.9. The zero-order valence-electron chi connectivity index (χ0n) is 18.4. The van der Waals surface area contributed by atoms with Crippen LogP contribution in [0.3, 0.4) is 0 Å². The molecule has 6 nitrogen and oxygen atoms in total. The number of nitrogens with one attached hydrogen (secondary N) is 1. The number of alkyl halides is 3. The summed E-state index contributed by atoms with van der Waals surface area (Å²) in [5.41, 5.74) is 4.07. The Hall–Kier alpha value is -3.62. The minimum Gasteiger partial charge on any atom is -0.365 e. The molecule has 174 valence electrons. The lowest BCUT2D eigenvalue weighted by atomic mass is 10.0. The van der Waals surface area contributed by atoms with Gasteiger partial charge in [-0.1, -0.05) is 36.4 Å². The smallest absolute Gasteiger partial charge is 0.365 e. The predicted molar refractivity (Wildman–Crippen MR) is 124 cm³/mol. The quantitative estimate of drug-likeness (QED) is 0.449. The molecule has 0 spiro atoms. The number of nitrogens with zero attached hydrogens (tertiary/aromatic N) is 5. The van der Waals surface area contributed by atoms with Gasteiger partial charge in [0.2, 0.25) is 5.95 Å². The summed E-state index contributed by atoms with van der Waals surface area (Å²) in [4.78, 5) is 16.4. The van der Waals surface area contributed by atoms with E-state index in [-0.39, 0.29) is 0 Å². The molecule has 2 aliphatic rings. The molecule has 0 unspecified atom stereocenters. The van der Waals surface area contributed by atoms with E-state index >= 15 is 0 Å². The number of hydrogen-bond acceptors (Lipinski definition) is 5. The Labute approximate surface area is 194 Å². The first-order chi connectivity index (χ1) is 16.4. The van der Waals surface area contributed by atoms with Gasteiger partial charge in [-0.15, -0.1) is 0 Å². The van der Waals surface area contributed by atoms with Crippen molar-refractivity contribution in [2.45, 2.75) is 44.6 Å². The van der Waals surface area contributed by atoms with Crippen LogP contribution < -0.4 is 10.2 Å². The number of hydrogen-bond donors (Lipinski definition) is 1. The van der Waals surface area contributed by atoms with Crippen molar-refractivity contribution in [2.24, 2.45) is 0 Å². The van der Waals surface area contributed by atoms with Crippen LogP contribution >= 0.6 is 0 Å². The van der Waals surface area contributed by atoms with E-state index in [0.29, 0.717) is 35.5 Å². The van der Waals surface area contributed by atoms with E-state index in [9.17, 15) is 13.2 Å². The third-order valence-corrected chi connectivity index (χ3v) is 6.42. The Morgan fingerprint density at radius 2 is 1.74 bits per heavy atom. The van der Waals surface area contributed by atoms with Gasteiger partial charge in [-0.25, -0.2) is 4.98 Å². The van der Waals surface area contributed by atoms with Crippen LogP contribution in [-0.2, 0) is 25.7 Å². The Morgan fingerprint density at radius 3 is 2.47 bits per heavy atom. The van der Waals surface area contributed by atoms with Gasteiger partial charge in [0, 0.05) is 19.1 Å². The number of imidazole rings is 1. The van der Waals surface area contributed by atoms with Crippen LogP contribution in [0, 0.1) is 0 Å². The lowest BCUT2D eigenvalue weighted by Crippen LogP contribution is -2.32. The van der Waals surface area contributed by atoms with Crippen LogP contribution in [0.25, 0.3) is 11.2 Å². The molecule has 0 radical (unpaired) electrons. The van der Waals surface area contributed by atoms with Crippen LogP contribution in [0.4, 0.5) is 24.9 Å². The van der Waals surface area contributed by atoms with E-state index in [2.05, 4.69) is 33.4 Å². The second kappa shape index (κ2) is 8.00. The van der Waals surface area contributed by atoms with E-state index in [0.717, 1.165) is 50.0 Å². The van der Waals surface area contributed by atoms with Crippen LogP contribution in [0.15, 0.2) is 54.9 Å². The van der Waals surface area contributed by atoms with Crippen LogP contribution in [0.5, 0.6) is 0 Å². The summed E-state index contributed by atoms with van der Waals surface area (Å²) in [5, 5.41) is 3.48. The highest BCUT2D eigenvalue weighted by molar-refractivity contribution is 5.84. The zero-order valence-corrected chi connectivity index (χ0v) is 18.4. The Morgan fingerprint density at radius 1 is 0.971 bits per heavy atom. The largest absolute Gasteiger partial charge is 0.416 e. The van der Waals surface area contributed by atoms with Gasteiger partial charge in [0.25, 0.3) is 0 Å². The minimum atomic E-state index is -4.35. The first kappa shape index (κ1) is 20.9. The normalized spacial score (nSPS) is 16.0. The number of aromatic nitrogens is 4. The molecule has 2 aromatic heterocycles. The highest BCUT2D eigenvalue weighted by Gasteiger charge is 2.30. The molecule has 3 heterocycles. The van der Waals surface area contributed by atoms with E-state index in [1.165, 1.54) is 23.3 Å². The van der Waals surface area contributed by atoms with Crippen molar-refractivity contribution in [3.05, 3.63) is 77.1 Å². The molecule has 0 atom stereocenters. The molecule has 1 saturated carbocycles. The molecule has 6 rings (SSSR count). The molecular formula is C25H23F3N6. The Kier molecular flexibility index (Phi) is 4.93. The molecule has 1 fully saturated rings. The van der Waals surface area contributed by atoms with E-state index < -0.39 is 11.7 Å².